The fourth-order valence-corrected chi connectivity index (χ4v) is 4.05. The van der Waals surface area contributed by atoms with E-state index in [0.29, 0.717) is 18.8 Å². The number of rotatable bonds is 9. The molecule has 2 aliphatic heterocycles. The van der Waals surface area contributed by atoms with Gasteiger partial charge >= 0.3 is 17.9 Å². The normalized spacial score (nSPS) is 27.1. The Morgan fingerprint density at radius 2 is 1.75 bits per heavy atom. The Labute approximate surface area is 167 Å². The van der Waals surface area contributed by atoms with Gasteiger partial charge in [-0.25, -0.2) is 0 Å². The summed E-state index contributed by atoms with van der Waals surface area (Å²) < 4.78 is 17.2. The number of fused-ring (bicyclic) bond motifs is 2. The molecule has 7 nitrogen and oxygen atoms in total. The molecular weight excluding hydrogens is 364 g/mol. The number of carboxylic acid groups (broad SMARTS) is 1. The topological polar surface area (TPSA) is 99.1 Å². The summed E-state index contributed by atoms with van der Waals surface area (Å²) in [6.45, 7) is 11.7. The Morgan fingerprint density at radius 3 is 2.25 bits per heavy atom. The molecule has 0 spiro atoms. The van der Waals surface area contributed by atoms with E-state index in [1.807, 2.05) is 13.8 Å². The summed E-state index contributed by atoms with van der Waals surface area (Å²) >= 11 is 0. The number of ether oxygens (including phenoxy) is 3. The Balaban J connectivity index is 1.90. The Bertz CT molecular complexity index is 608. The smallest absolute Gasteiger partial charge is 0.317 e. The van der Waals surface area contributed by atoms with Crippen LogP contribution in [-0.4, -0.2) is 46.9 Å². The number of hydrogen-bond donors (Lipinski definition) is 1. The van der Waals surface area contributed by atoms with Crippen molar-refractivity contribution in [2.24, 2.45) is 17.3 Å². The highest BCUT2D eigenvalue weighted by Gasteiger charge is 2.55. The summed E-state index contributed by atoms with van der Waals surface area (Å²) in [6.07, 6.45) is 1.61. The van der Waals surface area contributed by atoms with Crippen LogP contribution in [0.5, 0.6) is 0 Å². The first-order chi connectivity index (χ1) is 12.8. The van der Waals surface area contributed by atoms with Gasteiger partial charge in [0.1, 0.15) is 18.1 Å². The number of carbonyl (C=O) groups is 3. The molecule has 0 saturated carbocycles. The van der Waals surface area contributed by atoms with Crippen LogP contribution in [0.25, 0.3) is 0 Å². The van der Waals surface area contributed by atoms with Crippen LogP contribution in [0.1, 0.15) is 73.6 Å². The molecule has 0 amide bonds. The van der Waals surface area contributed by atoms with E-state index in [1.54, 1.807) is 13.8 Å². The summed E-state index contributed by atoms with van der Waals surface area (Å²) in [6, 6.07) is 0. The molecular formula is C21H34O7. The van der Waals surface area contributed by atoms with E-state index < -0.39 is 29.4 Å². The van der Waals surface area contributed by atoms with Crippen molar-refractivity contribution in [1.29, 1.82) is 0 Å². The van der Waals surface area contributed by atoms with Crippen LogP contribution in [0.2, 0.25) is 0 Å². The second-order valence-corrected chi connectivity index (χ2v) is 9.70. The average Bonchev–Trinajstić information content (AvgIpc) is 3.12. The maximum absolute atomic E-state index is 12.6. The van der Waals surface area contributed by atoms with Crippen LogP contribution < -0.4 is 0 Å². The van der Waals surface area contributed by atoms with Gasteiger partial charge in [0.05, 0.1) is 17.6 Å². The molecule has 7 heteroatoms. The Morgan fingerprint density at radius 1 is 1.11 bits per heavy atom. The monoisotopic (exact) mass is 398 g/mol. The van der Waals surface area contributed by atoms with Crippen molar-refractivity contribution < 1.29 is 33.7 Å². The zero-order valence-electron chi connectivity index (χ0n) is 17.8. The molecule has 0 aliphatic carbocycles. The molecule has 2 saturated heterocycles. The van der Waals surface area contributed by atoms with E-state index in [2.05, 4.69) is 13.8 Å². The minimum Gasteiger partial charge on any atom is -0.481 e. The minimum atomic E-state index is -1.21. The van der Waals surface area contributed by atoms with Crippen molar-refractivity contribution >= 4 is 17.9 Å². The van der Waals surface area contributed by atoms with Crippen molar-refractivity contribution in [3.05, 3.63) is 0 Å². The highest BCUT2D eigenvalue weighted by molar-refractivity contribution is 5.90. The van der Waals surface area contributed by atoms with Gasteiger partial charge < -0.3 is 19.3 Å². The maximum atomic E-state index is 12.6. The van der Waals surface area contributed by atoms with E-state index >= 15 is 0 Å². The molecule has 160 valence electrons. The zero-order chi connectivity index (χ0) is 21.3. The number of carbonyl (C=O) groups excluding carboxylic acids is 2. The summed E-state index contributed by atoms with van der Waals surface area (Å²) in [5.41, 5.74) is -1.37. The van der Waals surface area contributed by atoms with E-state index in [9.17, 15) is 14.4 Å². The van der Waals surface area contributed by atoms with E-state index in [-0.39, 0.29) is 30.2 Å². The van der Waals surface area contributed by atoms with E-state index in [0.717, 1.165) is 12.8 Å². The fraction of sp³-hybridized carbons (Fsp3) is 0.857. The lowest BCUT2D eigenvalue weighted by atomic mass is 9.77. The highest BCUT2D eigenvalue weighted by atomic mass is 16.6. The van der Waals surface area contributed by atoms with E-state index in [1.165, 1.54) is 0 Å². The first kappa shape index (κ1) is 22.7. The van der Waals surface area contributed by atoms with Crippen molar-refractivity contribution in [2.75, 3.05) is 0 Å². The number of esters is 2. The molecule has 0 aromatic rings. The van der Waals surface area contributed by atoms with Crippen LogP contribution in [0.4, 0.5) is 0 Å². The Kier molecular flexibility index (Phi) is 6.79. The SMILES string of the molecule is CC(C)CCC(C)(C)C(=O)OC1CC2OC1CC2C(C)(C)OC(=O)CC(=O)O. The molecule has 2 rings (SSSR count). The fourth-order valence-electron chi connectivity index (χ4n) is 4.05. The van der Waals surface area contributed by atoms with Gasteiger partial charge in [0.2, 0.25) is 0 Å². The molecule has 2 aliphatic rings. The summed E-state index contributed by atoms with van der Waals surface area (Å²) in [5, 5.41) is 8.73. The van der Waals surface area contributed by atoms with Crippen molar-refractivity contribution in [2.45, 2.75) is 97.6 Å². The summed E-state index contributed by atoms with van der Waals surface area (Å²) in [7, 11) is 0. The number of aliphatic carboxylic acids is 1. The van der Waals surface area contributed by atoms with E-state index in [4.69, 9.17) is 19.3 Å². The molecule has 1 N–H and O–H groups in total. The molecule has 2 fully saturated rings. The van der Waals surface area contributed by atoms with Gasteiger partial charge in [-0.1, -0.05) is 13.8 Å². The summed E-state index contributed by atoms with van der Waals surface area (Å²) in [5.74, 6) is -1.69. The van der Waals surface area contributed by atoms with Gasteiger partial charge in [-0.15, -0.1) is 0 Å². The van der Waals surface area contributed by atoms with Crippen LogP contribution in [0.15, 0.2) is 0 Å². The van der Waals surface area contributed by atoms with Crippen molar-refractivity contribution in [1.82, 2.24) is 0 Å². The van der Waals surface area contributed by atoms with Gasteiger partial charge in [-0.3, -0.25) is 14.4 Å². The molecule has 4 atom stereocenters. The number of carboxylic acids is 1. The van der Waals surface area contributed by atoms with Gasteiger partial charge in [0.15, 0.2) is 0 Å². The molecule has 2 heterocycles. The first-order valence-electron chi connectivity index (χ1n) is 10.1. The molecule has 4 unspecified atom stereocenters. The second-order valence-electron chi connectivity index (χ2n) is 9.70. The van der Waals surface area contributed by atoms with Gasteiger partial charge in [-0.2, -0.15) is 0 Å². The molecule has 0 radical (unpaired) electrons. The molecule has 2 bridgehead atoms. The minimum absolute atomic E-state index is 0.0563. The van der Waals surface area contributed by atoms with Crippen molar-refractivity contribution in [3.8, 4) is 0 Å². The van der Waals surface area contributed by atoms with Crippen LogP contribution >= 0.6 is 0 Å². The van der Waals surface area contributed by atoms with Crippen LogP contribution in [0.3, 0.4) is 0 Å². The van der Waals surface area contributed by atoms with Gasteiger partial charge in [-0.05, 0) is 52.9 Å². The molecule has 28 heavy (non-hydrogen) atoms. The standard InChI is InChI=1S/C21H34O7/c1-12(2)7-8-20(3,4)19(25)27-16-10-14-13(9-15(16)26-14)21(5,6)28-18(24)11-17(22)23/h12-16H,7-11H2,1-6H3,(H,22,23). The third kappa shape index (κ3) is 5.46. The van der Waals surface area contributed by atoms with Crippen LogP contribution in [0, 0.1) is 17.3 Å². The van der Waals surface area contributed by atoms with Crippen LogP contribution in [-0.2, 0) is 28.6 Å². The molecule has 0 aromatic heterocycles. The predicted molar refractivity (Wildman–Crippen MR) is 102 cm³/mol. The molecule has 0 aromatic carbocycles. The predicted octanol–water partition coefficient (Wildman–Crippen LogP) is 3.33. The lowest BCUT2D eigenvalue weighted by Crippen LogP contribution is -2.45. The maximum Gasteiger partial charge on any atom is 0.317 e. The summed E-state index contributed by atoms with van der Waals surface area (Å²) in [4.78, 5) is 35.1. The quantitative estimate of drug-likeness (QED) is 0.470. The number of hydrogen-bond acceptors (Lipinski definition) is 6. The lowest BCUT2D eigenvalue weighted by molar-refractivity contribution is -0.167. The second kappa shape index (κ2) is 8.39. The lowest BCUT2D eigenvalue weighted by Gasteiger charge is -2.36. The highest BCUT2D eigenvalue weighted by Crippen LogP contribution is 2.46. The first-order valence-corrected chi connectivity index (χ1v) is 10.1. The van der Waals surface area contributed by atoms with Gasteiger partial charge in [0.25, 0.3) is 0 Å². The third-order valence-corrected chi connectivity index (χ3v) is 5.89. The third-order valence-electron chi connectivity index (χ3n) is 5.89. The van der Waals surface area contributed by atoms with Crippen molar-refractivity contribution in [3.63, 3.8) is 0 Å². The van der Waals surface area contributed by atoms with Gasteiger partial charge in [0, 0.05) is 12.3 Å². The zero-order valence-corrected chi connectivity index (χ0v) is 17.8. The average molecular weight is 398 g/mol. The largest absolute Gasteiger partial charge is 0.481 e. The Hall–Kier alpha value is -1.63.